The molecule has 0 radical (unpaired) electrons. The van der Waals surface area contributed by atoms with Gasteiger partial charge in [-0.1, -0.05) is 110 Å². The molecule has 8 rings (SSSR count). The maximum absolute atomic E-state index is 15.2. The largest absolute Gasteiger partial charge is 0.342 e. The maximum atomic E-state index is 15.2. The number of hydrogen-bond donors (Lipinski definition) is 2. The summed E-state index contributed by atoms with van der Waals surface area (Å²) in [7, 11) is 0. The monoisotopic (exact) mass is 776 g/mol. The highest BCUT2D eigenvalue weighted by Crippen LogP contribution is 2.73. The molecular formula is C51H73N3O3. The van der Waals surface area contributed by atoms with E-state index in [1.807, 2.05) is 12.1 Å². The Kier molecular flexibility index (Phi) is 12.8. The average Bonchev–Trinajstić information content (AvgIpc) is 3.21. The lowest BCUT2D eigenvalue weighted by atomic mass is 9.34. The first-order chi connectivity index (χ1) is 27.4. The molecule has 6 heteroatoms. The summed E-state index contributed by atoms with van der Waals surface area (Å²) < 4.78 is 0. The van der Waals surface area contributed by atoms with E-state index in [1.165, 1.54) is 61.6 Å². The van der Waals surface area contributed by atoms with Crippen LogP contribution in [0.15, 0.2) is 60.2 Å². The molecule has 1 aliphatic heterocycles. The SMILES string of the molecule is CCCCCc1ccc(NC(=O)[C@@H]2C3CC4C(C=C3C(C)C)(CCC3[C@]4(C)CCC[C@@]3(C)C(=O)N3CCCCC3)[C@@H]2C(=O)Nc2ccc(CCCCC)cc2)cc1. The van der Waals surface area contributed by atoms with Gasteiger partial charge < -0.3 is 15.5 Å². The Hall–Kier alpha value is -3.41. The number of fused-ring (bicyclic) bond motifs is 2. The van der Waals surface area contributed by atoms with Gasteiger partial charge in [0.2, 0.25) is 17.7 Å². The van der Waals surface area contributed by atoms with E-state index in [9.17, 15) is 9.59 Å². The number of nitrogens with one attached hydrogen (secondary N) is 2. The zero-order valence-electron chi connectivity index (χ0n) is 36.3. The molecule has 2 aromatic carbocycles. The molecular weight excluding hydrogens is 703 g/mol. The first-order valence-corrected chi connectivity index (χ1v) is 23.3. The number of unbranched alkanes of at least 4 members (excludes halogenated alkanes) is 4. The summed E-state index contributed by atoms with van der Waals surface area (Å²) in [5.41, 5.74) is 4.56. The first kappa shape index (κ1) is 41.7. The summed E-state index contributed by atoms with van der Waals surface area (Å²) in [4.78, 5) is 47.0. The van der Waals surface area contributed by atoms with Crippen LogP contribution in [-0.2, 0) is 27.2 Å². The quantitative estimate of drug-likeness (QED) is 0.148. The van der Waals surface area contributed by atoms with Crippen molar-refractivity contribution >= 4 is 29.1 Å². The summed E-state index contributed by atoms with van der Waals surface area (Å²) in [5.74, 6) is 0.0282. The minimum atomic E-state index is -0.509. The second-order valence-electron chi connectivity index (χ2n) is 19.8. The predicted octanol–water partition coefficient (Wildman–Crippen LogP) is 11.8. The van der Waals surface area contributed by atoms with Gasteiger partial charge in [0.1, 0.15) is 0 Å². The van der Waals surface area contributed by atoms with Gasteiger partial charge in [0.25, 0.3) is 0 Å². The fourth-order valence-electron chi connectivity index (χ4n) is 13.2. The lowest BCUT2D eigenvalue weighted by Gasteiger charge is -2.69. The molecule has 57 heavy (non-hydrogen) atoms. The molecule has 6 nitrogen and oxygen atoms in total. The molecule has 2 aromatic rings. The molecule has 6 aliphatic rings. The molecule has 5 aliphatic carbocycles. The number of allylic oxidation sites excluding steroid dienone is 2. The zero-order chi connectivity index (χ0) is 40.4. The molecule has 0 aromatic heterocycles. The van der Waals surface area contributed by atoms with Gasteiger partial charge in [0.05, 0.1) is 11.8 Å². The number of likely N-dealkylation sites (tertiary alicyclic amines) is 1. The Labute approximate surface area is 344 Å². The Bertz CT molecular complexity index is 1760. The van der Waals surface area contributed by atoms with Gasteiger partial charge in [-0.05, 0) is 142 Å². The van der Waals surface area contributed by atoms with E-state index in [4.69, 9.17) is 0 Å². The van der Waals surface area contributed by atoms with Crippen molar-refractivity contribution in [2.45, 2.75) is 151 Å². The highest BCUT2D eigenvalue weighted by atomic mass is 16.2. The number of piperidine rings is 1. The number of aryl methyl sites for hydroxylation is 2. The summed E-state index contributed by atoms with van der Waals surface area (Å²) in [6.45, 7) is 15.5. The van der Waals surface area contributed by atoms with E-state index >= 15 is 4.79 Å². The summed E-state index contributed by atoms with van der Waals surface area (Å²) in [5, 5.41) is 6.75. The number of carbonyl (C=O) groups is 3. The second kappa shape index (κ2) is 17.4. The molecule has 8 atom stereocenters. The average molecular weight is 776 g/mol. The van der Waals surface area contributed by atoms with Gasteiger partial charge in [-0.25, -0.2) is 0 Å². The third kappa shape index (κ3) is 8.01. The van der Waals surface area contributed by atoms with E-state index in [0.717, 1.165) is 88.7 Å². The van der Waals surface area contributed by atoms with E-state index in [1.54, 1.807) is 0 Å². The third-order valence-electron chi connectivity index (χ3n) is 16.0. The van der Waals surface area contributed by atoms with Crippen LogP contribution in [0.2, 0.25) is 0 Å². The van der Waals surface area contributed by atoms with Gasteiger partial charge in [-0.3, -0.25) is 14.4 Å². The second-order valence-corrected chi connectivity index (χ2v) is 19.8. The standard InChI is InChI=1S/C51H73N3O3/c1-7-9-12-17-36-19-23-38(24-20-36)52-46(55)44-40-33-43-49(5)28-16-29-50(6,48(57)54-31-14-11-15-32-54)42(49)27-30-51(43,34-41(40)35(3)4)45(44)47(56)53-39-25-21-37(22-26-39)18-13-10-8-2/h19-26,34-35,40,42-45H,7-18,27-33H2,1-6H3,(H,52,55)(H,53,56)/t40?,42?,43?,44-,45+,49+,50-,51?/m1/s1. The Morgan fingerprint density at radius 2 is 1.30 bits per heavy atom. The van der Waals surface area contributed by atoms with E-state index < -0.39 is 22.7 Å². The molecule has 1 heterocycles. The van der Waals surface area contributed by atoms with Crippen LogP contribution >= 0.6 is 0 Å². The number of anilines is 2. The summed E-state index contributed by atoms with van der Waals surface area (Å²) in [6, 6.07) is 16.8. The van der Waals surface area contributed by atoms with Gasteiger partial charge in [-0.15, -0.1) is 0 Å². The fraction of sp³-hybridized carbons (Fsp3) is 0.667. The topological polar surface area (TPSA) is 78.5 Å². The van der Waals surface area contributed by atoms with Crippen molar-refractivity contribution in [3.05, 3.63) is 71.3 Å². The van der Waals surface area contributed by atoms with Crippen LogP contribution in [0.3, 0.4) is 0 Å². The number of amides is 3. The Morgan fingerprint density at radius 1 is 0.719 bits per heavy atom. The van der Waals surface area contributed by atoms with Crippen molar-refractivity contribution in [2.75, 3.05) is 23.7 Å². The highest BCUT2D eigenvalue weighted by Gasteiger charge is 2.70. The van der Waals surface area contributed by atoms with Gasteiger partial charge >= 0.3 is 0 Å². The normalized spacial score (nSPS) is 31.9. The van der Waals surface area contributed by atoms with Crippen molar-refractivity contribution in [2.24, 2.45) is 51.8 Å². The molecule has 310 valence electrons. The number of hydrogen-bond acceptors (Lipinski definition) is 3. The van der Waals surface area contributed by atoms with E-state index in [2.05, 4.69) is 99.6 Å². The fourth-order valence-corrected chi connectivity index (χ4v) is 13.2. The van der Waals surface area contributed by atoms with Crippen LogP contribution in [-0.4, -0.2) is 35.7 Å². The van der Waals surface area contributed by atoms with Crippen LogP contribution in [0.5, 0.6) is 0 Å². The van der Waals surface area contributed by atoms with E-state index in [0.29, 0.717) is 5.91 Å². The van der Waals surface area contributed by atoms with Crippen molar-refractivity contribution in [1.82, 2.24) is 4.90 Å². The van der Waals surface area contributed by atoms with Crippen LogP contribution in [0.25, 0.3) is 0 Å². The summed E-state index contributed by atoms with van der Waals surface area (Å²) >= 11 is 0. The van der Waals surface area contributed by atoms with Crippen molar-refractivity contribution in [1.29, 1.82) is 0 Å². The summed E-state index contributed by atoms with van der Waals surface area (Å²) in [6.07, 6.45) is 20.9. The Morgan fingerprint density at radius 3 is 1.86 bits per heavy atom. The number of nitrogens with zero attached hydrogens (tertiary/aromatic N) is 1. The molecule has 1 spiro atoms. The minimum Gasteiger partial charge on any atom is -0.342 e. The molecule has 2 bridgehead atoms. The van der Waals surface area contributed by atoms with Crippen molar-refractivity contribution in [3.8, 4) is 0 Å². The zero-order valence-corrected chi connectivity index (χ0v) is 36.3. The van der Waals surface area contributed by atoms with Crippen molar-refractivity contribution in [3.63, 3.8) is 0 Å². The van der Waals surface area contributed by atoms with Gasteiger partial charge in [0.15, 0.2) is 0 Å². The lowest BCUT2D eigenvalue weighted by molar-refractivity contribution is -0.194. The van der Waals surface area contributed by atoms with Gasteiger partial charge in [0, 0.05) is 35.3 Å². The minimum absolute atomic E-state index is 0.0288. The molecule has 1 saturated heterocycles. The molecule has 4 unspecified atom stereocenters. The first-order valence-electron chi connectivity index (χ1n) is 23.3. The van der Waals surface area contributed by atoms with Crippen LogP contribution < -0.4 is 10.6 Å². The number of carbonyl (C=O) groups excluding carboxylic acids is 3. The van der Waals surface area contributed by atoms with E-state index in [-0.39, 0.29) is 40.9 Å². The predicted molar refractivity (Wildman–Crippen MR) is 234 cm³/mol. The third-order valence-corrected chi connectivity index (χ3v) is 16.0. The Balaban J connectivity index is 1.24. The smallest absolute Gasteiger partial charge is 0.229 e. The van der Waals surface area contributed by atoms with Gasteiger partial charge in [-0.2, -0.15) is 0 Å². The maximum Gasteiger partial charge on any atom is 0.229 e. The van der Waals surface area contributed by atoms with Crippen LogP contribution in [0.1, 0.15) is 149 Å². The van der Waals surface area contributed by atoms with Crippen molar-refractivity contribution < 1.29 is 14.4 Å². The molecule has 3 saturated carbocycles. The lowest BCUT2D eigenvalue weighted by Crippen LogP contribution is -2.68. The molecule has 3 amide bonds. The van der Waals surface area contributed by atoms with Crippen LogP contribution in [0, 0.1) is 51.8 Å². The number of rotatable bonds is 14. The highest BCUT2D eigenvalue weighted by molar-refractivity contribution is 6.01. The number of benzene rings is 2. The molecule has 2 N–H and O–H groups in total. The van der Waals surface area contributed by atoms with Crippen LogP contribution in [0.4, 0.5) is 11.4 Å². The molecule has 4 fully saturated rings.